The molecule has 1 nitrogen and oxygen atoms in total. The molecule has 0 spiro atoms. The molecule has 0 saturated carbocycles. The summed E-state index contributed by atoms with van der Waals surface area (Å²) in [6.07, 6.45) is 0. The highest BCUT2D eigenvalue weighted by molar-refractivity contribution is 5.60. The molecule has 0 amide bonds. The monoisotopic (exact) mass is 223 g/mol. The summed E-state index contributed by atoms with van der Waals surface area (Å²) in [4.78, 5) is 2.45. The Morgan fingerprint density at radius 1 is 0.941 bits per heavy atom. The lowest BCUT2D eigenvalue weighted by Crippen LogP contribution is -2.10. The van der Waals surface area contributed by atoms with Gasteiger partial charge in [0.2, 0.25) is 0 Å². The number of benzene rings is 2. The van der Waals surface area contributed by atoms with Crippen molar-refractivity contribution in [3.63, 3.8) is 0 Å². The zero-order valence-electron chi connectivity index (χ0n) is 10.4. The molecule has 17 heavy (non-hydrogen) atoms. The largest absolute Gasteiger partial charge is 0.358 e. The van der Waals surface area contributed by atoms with Crippen molar-refractivity contribution in [3.8, 4) is 0 Å². The Hall–Kier alpha value is -1.76. The van der Waals surface area contributed by atoms with Crippen LogP contribution in [0.1, 0.15) is 18.1 Å². The van der Waals surface area contributed by atoms with E-state index in [1.165, 1.54) is 16.8 Å². The van der Waals surface area contributed by atoms with Crippen molar-refractivity contribution in [1.29, 1.82) is 0 Å². The van der Waals surface area contributed by atoms with Crippen LogP contribution >= 0.6 is 0 Å². The van der Waals surface area contributed by atoms with Gasteiger partial charge in [-0.05, 0) is 31.5 Å². The van der Waals surface area contributed by atoms with Crippen LogP contribution < -0.4 is 4.90 Å². The highest BCUT2D eigenvalue weighted by atomic mass is 15.4. The summed E-state index contributed by atoms with van der Waals surface area (Å²) in [5.41, 5.74) is 4.23. The minimum atomic E-state index is 0.191. The first-order chi connectivity index (χ1) is 8.20. The summed E-state index contributed by atoms with van der Waals surface area (Å²) < 4.78 is 0. The maximum atomic E-state index is 2.45. The molecule has 86 valence electrons. The van der Waals surface area contributed by atoms with Gasteiger partial charge in [-0.1, -0.05) is 48.0 Å². The number of hydrogen-bond acceptors (Lipinski definition) is 1. The Kier molecular flexibility index (Phi) is 2.22. The minimum absolute atomic E-state index is 0.191. The van der Waals surface area contributed by atoms with Gasteiger partial charge in [-0.3, -0.25) is 0 Å². The van der Waals surface area contributed by atoms with Gasteiger partial charge in [0.1, 0.15) is 0 Å². The molecule has 0 aliphatic carbocycles. The SMILES string of the molecule is Cc1ccc(N2CC2(C)c2ccccc2)cc1. The maximum absolute atomic E-state index is 2.45. The fraction of sp³-hybridized carbons (Fsp3) is 0.250. The van der Waals surface area contributed by atoms with Crippen molar-refractivity contribution >= 4 is 5.69 Å². The molecule has 1 heterocycles. The van der Waals surface area contributed by atoms with Gasteiger partial charge in [-0.2, -0.15) is 0 Å². The molecular weight excluding hydrogens is 206 g/mol. The van der Waals surface area contributed by atoms with Gasteiger partial charge >= 0.3 is 0 Å². The lowest BCUT2D eigenvalue weighted by Gasteiger charge is -2.14. The smallest absolute Gasteiger partial charge is 0.0801 e. The zero-order valence-corrected chi connectivity index (χ0v) is 10.4. The van der Waals surface area contributed by atoms with Crippen LogP contribution in [0.25, 0.3) is 0 Å². The molecule has 1 aliphatic rings. The third-order valence-electron chi connectivity index (χ3n) is 3.70. The van der Waals surface area contributed by atoms with Crippen LogP contribution in [0.15, 0.2) is 54.6 Å². The lowest BCUT2D eigenvalue weighted by molar-refractivity contribution is 0.797. The zero-order chi connectivity index (χ0) is 11.9. The van der Waals surface area contributed by atoms with E-state index in [0.29, 0.717) is 0 Å². The van der Waals surface area contributed by atoms with Crippen LogP contribution in [0.4, 0.5) is 5.69 Å². The van der Waals surface area contributed by atoms with Crippen molar-refractivity contribution in [3.05, 3.63) is 65.7 Å². The molecule has 0 N–H and O–H groups in total. The summed E-state index contributed by atoms with van der Waals surface area (Å²) in [7, 11) is 0. The molecule has 0 bridgehead atoms. The van der Waals surface area contributed by atoms with Crippen LogP contribution in [0.2, 0.25) is 0 Å². The Balaban J connectivity index is 1.88. The van der Waals surface area contributed by atoms with E-state index in [-0.39, 0.29) is 5.54 Å². The predicted octanol–water partition coefficient (Wildman–Crippen LogP) is 3.73. The normalized spacial score (nSPS) is 22.6. The van der Waals surface area contributed by atoms with Crippen LogP contribution in [-0.2, 0) is 5.54 Å². The van der Waals surface area contributed by atoms with Gasteiger partial charge in [0.05, 0.1) is 5.54 Å². The number of rotatable bonds is 2. The fourth-order valence-electron chi connectivity index (χ4n) is 2.42. The molecule has 1 atom stereocenters. The van der Waals surface area contributed by atoms with Crippen molar-refractivity contribution in [2.45, 2.75) is 19.4 Å². The molecule has 0 aromatic heterocycles. The predicted molar refractivity (Wildman–Crippen MR) is 72.3 cm³/mol. The molecular formula is C16H17N. The van der Waals surface area contributed by atoms with Gasteiger partial charge in [0, 0.05) is 12.2 Å². The average Bonchev–Trinajstić information content (AvgIpc) is 3.05. The highest BCUT2D eigenvalue weighted by Gasteiger charge is 2.48. The molecule has 2 aromatic rings. The van der Waals surface area contributed by atoms with Crippen molar-refractivity contribution in [1.82, 2.24) is 0 Å². The quantitative estimate of drug-likeness (QED) is 0.701. The Morgan fingerprint density at radius 2 is 1.59 bits per heavy atom. The first kappa shape index (κ1) is 10.4. The van der Waals surface area contributed by atoms with E-state index >= 15 is 0 Å². The Morgan fingerprint density at radius 3 is 2.24 bits per heavy atom. The van der Waals surface area contributed by atoms with E-state index < -0.39 is 0 Å². The Labute approximate surface area is 103 Å². The van der Waals surface area contributed by atoms with Gasteiger partial charge in [0.15, 0.2) is 0 Å². The second kappa shape index (κ2) is 3.63. The van der Waals surface area contributed by atoms with E-state index in [2.05, 4.69) is 73.3 Å². The first-order valence-electron chi connectivity index (χ1n) is 6.10. The topological polar surface area (TPSA) is 3.01 Å². The number of hydrogen-bond donors (Lipinski definition) is 0. The standard InChI is InChI=1S/C16H17N/c1-13-8-10-15(11-9-13)17-12-16(17,2)14-6-4-3-5-7-14/h3-11H,12H2,1-2H3. The Bertz CT molecular complexity index is 515. The van der Waals surface area contributed by atoms with E-state index in [0.717, 1.165) is 6.54 Å². The lowest BCUT2D eigenvalue weighted by atomic mass is 10.0. The van der Waals surface area contributed by atoms with Crippen LogP contribution in [0.3, 0.4) is 0 Å². The van der Waals surface area contributed by atoms with Gasteiger partial charge < -0.3 is 4.90 Å². The van der Waals surface area contributed by atoms with Crippen LogP contribution in [-0.4, -0.2) is 6.54 Å². The molecule has 0 radical (unpaired) electrons. The number of anilines is 1. The molecule has 2 aromatic carbocycles. The van der Waals surface area contributed by atoms with E-state index in [9.17, 15) is 0 Å². The summed E-state index contributed by atoms with van der Waals surface area (Å²) >= 11 is 0. The van der Waals surface area contributed by atoms with Gasteiger partial charge in [-0.25, -0.2) is 0 Å². The van der Waals surface area contributed by atoms with Crippen LogP contribution in [0.5, 0.6) is 0 Å². The molecule has 1 aliphatic heterocycles. The number of nitrogens with zero attached hydrogens (tertiary/aromatic N) is 1. The van der Waals surface area contributed by atoms with E-state index in [4.69, 9.17) is 0 Å². The maximum Gasteiger partial charge on any atom is 0.0801 e. The molecule has 1 saturated heterocycles. The van der Waals surface area contributed by atoms with E-state index in [1.807, 2.05) is 0 Å². The van der Waals surface area contributed by atoms with Crippen molar-refractivity contribution in [2.24, 2.45) is 0 Å². The van der Waals surface area contributed by atoms with Crippen molar-refractivity contribution in [2.75, 3.05) is 11.4 Å². The highest BCUT2D eigenvalue weighted by Crippen LogP contribution is 2.45. The molecule has 1 unspecified atom stereocenters. The van der Waals surface area contributed by atoms with Gasteiger partial charge in [0.25, 0.3) is 0 Å². The first-order valence-corrected chi connectivity index (χ1v) is 6.10. The summed E-state index contributed by atoms with van der Waals surface area (Å²) in [6.45, 7) is 5.55. The summed E-state index contributed by atoms with van der Waals surface area (Å²) in [5, 5.41) is 0. The average molecular weight is 223 g/mol. The van der Waals surface area contributed by atoms with Gasteiger partial charge in [-0.15, -0.1) is 0 Å². The summed E-state index contributed by atoms with van der Waals surface area (Å²) in [5.74, 6) is 0. The van der Waals surface area contributed by atoms with Crippen LogP contribution in [0, 0.1) is 6.92 Å². The summed E-state index contributed by atoms with van der Waals surface area (Å²) in [6, 6.07) is 19.5. The molecule has 1 fully saturated rings. The van der Waals surface area contributed by atoms with Crippen molar-refractivity contribution < 1.29 is 0 Å². The third-order valence-corrected chi connectivity index (χ3v) is 3.70. The third kappa shape index (κ3) is 1.72. The molecule has 3 rings (SSSR count). The minimum Gasteiger partial charge on any atom is -0.358 e. The number of aryl methyl sites for hydroxylation is 1. The van der Waals surface area contributed by atoms with E-state index in [1.54, 1.807) is 0 Å². The second-order valence-electron chi connectivity index (χ2n) is 5.06. The fourth-order valence-corrected chi connectivity index (χ4v) is 2.42. The molecule has 1 heteroatoms. The second-order valence-corrected chi connectivity index (χ2v) is 5.06.